The summed E-state index contributed by atoms with van der Waals surface area (Å²) in [4.78, 5) is 28.0. The maximum absolute atomic E-state index is 13.4. The van der Waals surface area contributed by atoms with Gasteiger partial charge in [0.2, 0.25) is 11.8 Å². The van der Waals surface area contributed by atoms with E-state index in [1.165, 1.54) is 0 Å². The van der Waals surface area contributed by atoms with Crippen molar-refractivity contribution in [2.45, 2.75) is 32.4 Å². The normalized spacial score (nSPS) is 11.5. The van der Waals surface area contributed by atoms with Crippen molar-refractivity contribution in [3.05, 3.63) is 107 Å². The Morgan fingerprint density at radius 1 is 0.833 bits per heavy atom. The smallest absolute Gasteiger partial charge is 0.242 e. The Morgan fingerprint density at radius 3 is 2.03 bits per heavy atom. The number of rotatable bonds is 8. The molecule has 2 amide bonds. The number of aryl methyl sites for hydroxylation is 1. The molecule has 3 aromatic rings. The van der Waals surface area contributed by atoms with E-state index in [-0.39, 0.29) is 18.2 Å². The molecule has 1 N–H and O–H groups in total. The SMILES string of the molecule is CNC(=O)[C@H](Cc1ccccc1)N(Cc1cccc(C)c1)C(=O)Cc1ccccc1. The highest BCUT2D eigenvalue weighted by atomic mass is 16.2. The first-order chi connectivity index (χ1) is 14.6. The van der Waals surface area contributed by atoms with Gasteiger partial charge in [0.1, 0.15) is 6.04 Å². The van der Waals surface area contributed by atoms with Gasteiger partial charge in [0.05, 0.1) is 6.42 Å². The highest BCUT2D eigenvalue weighted by molar-refractivity contribution is 5.88. The van der Waals surface area contributed by atoms with Crippen LogP contribution in [-0.2, 0) is 29.0 Å². The first kappa shape index (κ1) is 21.3. The van der Waals surface area contributed by atoms with Crippen LogP contribution >= 0.6 is 0 Å². The van der Waals surface area contributed by atoms with Crippen molar-refractivity contribution in [3.8, 4) is 0 Å². The summed E-state index contributed by atoms with van der Waals surface area (Å²) in [6.45, 7) is 2.41. The molecule has 1 atom stereocenters. The molecule has 3 rings (SSSR count). The minimum Gasteiger partial charge on any atom is -0.357 e. The average molecular weight is 401 g/mol. The molecule has 30 heavy (non-hydrogen) atoms. The summed E-state index contributed by atoms with van der Waals surface area (Å²) in [5.74, 6) is -0.222. The standard InChI is InChI=1S/C26H28N2O2/c1-20-10-9-15-23(16-20)19-28(25(29)18-22-13-7-4-8-14-22)24(26(30)27-2)17-21-11-5-3-6-12-21/h3-16,24H,17-19H2,1-2H3,(H,27,30)/t24-/m0/s1. The summed E-state index contributed by atoms with van der Waals surface area (Å²) in [6.07, 6.45) is 0.724. The van der Waals surface area contributed by atoms with Gasteiger partial charge < -0.3 is 10.2 Å². The largest absolute Gasteiger partial charge is 0.357 e. The second kappa shape index (κ2) is 10.4. The van der Waals surface area contributed by atoms with E-state index in [1.54, 1.807) is 11.9 Å². The number of hydrogen-bond donors (Lipinski definition) is 1. The third-order valence-corrected chi connectivity index (χ3v) is 5.15. The number of carbonyl (C=O) groups is 2. The third kappa shape index (κ3) is 5.80. The molecule has 4 heteroatoms. The molecule has 0 radical (unpaired) electrons. The van der Waals surface area contributed by atoms with Crippen molar-refractivity contribution >= 4 is 11.8 Å². The first-order valence-electron chi connectivity index (χ1n) is 10.2. The van der Waals surface area contributed by atoms with Crippen LogP contribution in [0.2, 0.25) is 0 Å². The van der Waals surface area contributed by atoms with E-state index >= 15 is 0 Å². The highest BCUT2D eigenvalue weighted by Gasteiger charge is 2.29. The van der Waals surface area contributed by atoms with Gasteiger partial charge in [0.25, 0.3) is 0 Å². The molecular weight excluding hydrogens is 372 g/mol. The Bertz CT molecular complexity index is 971. The number of nitrogens with zero attached hydrogens (tertiary/aromatic N) is 1. The minimum absolute atomic E-state index is 0.0627. The van der Waals surface area contributed by atoms with Gasteiger partial charge >= 0.3 is 0 Å². The van der Waals surface area contributed by atoms with Gasteiger partial charge in [-0.2, -0.15) is 0 Å². The molecule has 0 saturated heterocycles. The number of hydrogen-bond acceptors (Lipinski definition) is 2. The molecule has 4 nitrogen and oxygen atoms in total. The van der Waals surface area contributed by atoms with E-state index in [1.807, 2.05) is 85.8 Å². The van der Waals surface area contributed by atoms with E-state index in [9.17, 15) is 9.59 Å². The van der Waals surface area contributed by atoms with Gasteiger partial charge in [-0.1, -0.05) is 90.5 Å². The van der Waals surface area contributed by atoms with Crippen LogP contribution in [0, 0.1) is 6.92 Å². The fourth-order valence-electron chi connectivity index (χ4n) is 3.60. The molecule has 0 bridgehead atoms. The maximum Gasteiger partial charge on any atom is 0.242 e. The molecule has 0 aliphatic heterocycles. The topological polar surface area (TPSA) is 49.4 Å². The molecule has 0 fully saturated rings. The van der Waals surface area contributed by atoms with Crippen LogP contribution in [0.4, 0.5) is 0 Å². The molecular formula is C26H28N2O2. The van der Waals surface area contributed by atoms with Crippen molar-refractivity contribution < 1.29 is 9.59 Å². The Balaban J connectivity index is 1.93. The predicted molar refractivity (Wildman–Crippen MR) is 120 cm³/mol. The molecule has 3 aromatic carbocycles. The fraction of sp³-hybridized carbons (Fsp3) is 0.231. The van der Waals surface area contributed by atoms with E-state index in [4.69, 9.17) is 0 Å². The second-order valence-corrected chi connectivity index (χ2v) is 7.49. The summed E-state index contributed by atoms with van der Waals surface area (Å²) in [7, 11) is 1.62. The van der Waals surface area contributed by atoms with Gasteiger partial charge in [0.15, 0.2) is 0 Å². The van der Waals surface area contributed by atoms with Gasteiger partial charge in [-0.15, -0.1) is 0 Å². The van der Waals surface area contributed by atoms with Crippen molar-refractivity contribution in [1.29, 1.82) is 0 Å². The Kier molecular flexibility index (Phi) is 7.39. The zero-order chi connectivity index (χ0) is 21.3. The zero-order valence-electron chi connectivity index (χ0n) is 17.5. The van der Waals surface area contributed by atoms with Gasteiger partial charge in [-0.3, -0.25) is 9.59 Å². The highest BCUT2D eigenvalue weighted by Crippen LogP contribution is 2.17. The summed E-state index contributed by atoms with van der Waals surface area (Å²) in [6, 6.07) is 27.0. The van der Waals surface area contributed by atoms with Crippen LogP contribution in [0.1, 0.15) is 22.3 Å². The molecule has 154 valence electrons. The second-order valence-electron chi connectivity index (χ2n) is 7.49. The van der Waals surface area contributed by atoms with Crippen LogP contribution in [0.5, 0.6) is 0 Å². The van der Waals surface area contributed by atoms with Crippen molar-refractivity contribution in [1.82, 2.24) is 10.2 Å². The minimum atomic E-state index is -0.589. The molecule has 0 heterocycles. The van der Waals surface area contributed by atoms with Crippen LogP contribution < -0.4 is 5.32 Å². The lowest BCUT2D eigenvalue weighted by atomic mass is 10.0. The lowest BCUT2D eigenvalue weighted by Crippen LogP contribution is -2.50. The van der Waals surface area contributed by atoms with Gasteiger partial charge in [0, 0.05) is 20.0 Å². The van der Waals surface area contributed by atoms with Crippen LogP contribution in [0.3, 0.4) is 0 Å². The maximum atomic E-state index is 13.4. The molecule has 0 aromatic heterocycles. The first-order valence-corrected chi connectivity index (χ1v) is 10.2. The monoisotopic (exact) mass is 400 g/mol. The van der Waals surface area contributed by atoms with E-state index in [0.717, 1.165) is 22.3 Å². The van der Waals surface area contributed by atoms with Gasteiger partial charge in [-0.25, -0.2) is 0 Å². The Labute approximate surface area is 178 Å². The van der Waals surface area contributed by atoms with Crippen LogP contribution in [0.15, 0.2) is 84.9 Å². The third-order valence-electron chi connectivity index (χ3n) is 5.15. The van der Waals surface area contributed by atoms with Gasteiger partial charge in [-0.05, 0) is 23.6 Å². The lowest BCUT2D eigenvalue weighted by Gasteiger charge is -2.31. The van der Waals surface area contributed by atoms with Crippen molar-refractivity contribution in [2.75, 3.05) is 7.05 Å². The van der Waals surface area contributed by atoms with Crippen LogP contribution in [0.25, 0.3) is 0 Å². The number of amides is 2. The number of nitrogens with one attached hydrogen (secondary N) is 1. The Morgan fingerprint density at radius 2 is 1.43 bits per heavy atom. The predicted octanol–water partition coefficient (Wildman–Crippen LogP) is 3.92. The summed E-state index contributed by atoms with van der Waals surface area (Å²) >= 11 is 0. The fourth-order valence-corrected chi connectivity index (χ4v) is 3.60. The summed E-state index contributed by atoms with van der Waals surface area (Å²) in [5.41, 5.74) is 4.10. The van der Waals surface area contributed by atoms with Crippen LogP contribution in [-0.4, -0.2) is 29.8 Å². The molecule has 0 saturated carbocycles. The average Bonchev–Trinajstić information content (AvgIpc) is 2.77. The number of carbonyl (C=O) groups excluding carboxylic acids is 2. The van der Waals surface area contributed by atoms with E-state index in [2.05, 4.69) is 11.4 Å². The number of likely N-dealkylation sites (N-methyl/N-ethyl adjacent to an activating group) is 1. The molecule has 0 unspecified atom stereocenters. The number of benzene rings is 3. The molecule has 0 aliphatic rings. The summed E-state index contributed by atoms with van der Waals surface area (Å²) < 4.78 is 0. The molecule has 0 spiro atoms. The van der Waals surface area contributed by atoms with E-state index in [0.29, 0.717) is 13.0 Å². The lowest BCUT2D eigenvalue weighted by molar-refractivity contribution is -0.140. The van der Waals surface area contributed by atoms with Crippen molar-refractivity contribution in [3.63, 3.8) is 0 Å². The van der Waals surface area contributed by atoms with E-state index < -0.39 is 6.04 Å². The quantitative estimate of drug-likeness (QED) is 0.623. The zero-order valence-corrected chi connectivity index (χ0v) is 17.5. The molecule has 0 aliphatic carbocycles. The van der Waals surface area contributed by atoms with Crippen molar-refractivity contribution in [2.24, 2.45) is 0 Å². The Hall–Kier alpha value is -3.40. The summed E-state index contributed by atoms with van der Waals surface area (Å²) in [5, 5.41) is 2.75.